The van der Waals surface area contributed by atoms with Crippen LogP contribution in [0.15, 0.2) is 34.2 Å². The number of carbonyl (C=O) groups excluding carboxylic acids is 2. The van der Waals surface area contributed by atoms with Gasteiger partial charge in [0.15, 0.2) is 5.16 Å². The van der Waals surface area contributed by atoms with Gasteiger partial charge in [0, 0.05) is 5.69 Å². The zero-order valence-electron chi connectivity index (χ0n) is 13.2. The van der Waals surface area contributed by atoms with Gasteiger partial charge in [-0.25, -0.2) is 4.79 Å². The van der Waals surface area contributed by atoms with Crippen molar-refractivity contribution in [1.82, 2.24) is 15.2 Å². The van der Waals surface area contributed by atoms with Gasteiger partial charge in [-0.3, -0.25) is 14.6 Å². The fourth-order valence-electron chi connectivity index (χ4n) is 1.71. The van der Waals surface area contributed by atoms with Gasteiger partial charge in [-0.15, -0.1) is 10.2 Å². The normalized spacial score (nSPS) is 10.2. The Morgan fingerprint density at radius 2 is 2.12 bits per heavy atom. The Hall–Kier alpha value is -2.68. The number of aryl methyl sites for hydroxylation is 1. The van der Waals surface area contributed by atoms with Crippen molar-refractivity contribution in [2.24, 2.45) is 0 Å². The number of anilines is 1. The molecule has 0 bridgehead atoms. The first-order chi connectivity index (χ1) is 11.5. The fourth-order valence-corrected chi connectivity index (χ4v) is 2.32. The number of aromatic amines is 1. The number of H-pyrrole nitrogens is 1. The minimum absolute atomic E-state index is 0.0390. The number of rotatable bonds is 6. The molecule has 0 spiro atoms. The van der Waals surface area contributed by atoms with Gasteiger partial charge in [0.25, 0.3) is 5.56 Å². The van der Waals surface area contributed by atoms with E-state index in [2.05, 4.69) is 20.5 Å². The van der Waals surface area contributed by atoms with Gasteiger partial charge in [-0.05, 0) is 32.0 Å². The molecule has 8 nitrogen and oxygen atoms in total. The second-order valence-electron chi connectivity index (χ2n) is 4.68. The summed E-state index contributed by atoms with van der Waals surface area (Å²) in [5, 5.41) is 10.4. The average molecular weight is 348 g/mol. The minimum atomic E-state index is -0.449. The Morgan fingerprint density at radius 1 is 1.33 bits per heavy atom. The number of aromatic nitrogens is 3. The summed E-state index contributed by atoms with van der Waals surface area (Å²) < 4.78 is 4.91. The Bertz CT molecular complexity index is 806. The third kappa shape index (κ3) is 4.92. The summed E-state index contributed by atoms with van der Waals surface area (Å²) in [5.74, 6) is -0.711. The highest BCUT2D eigenvalue weighted by atomic mass is 32.2. The van der Waals surface area contributed by atoms with Crippen molar-refractivity contribution in [2.45, 2.75) is 19.0 Å². The number of esters is 1. The third-order valence-corrected chi connectivity index (χ3v) is 3.70. The average Bonchev–Trinajstić information content (AvgIpc) is 2.56. The van der Waals surface area contributed by atoms with Crippen molar-refractivity contribution in [2.75, 3.05) is 17.7 Å². The highest BCUT2D eigenvalue weighted by Crippen LogP contribution is 2.14. The van der Waals surface area contributed by atoms with Crippen molar-refractivity contribution in [3.8, 4) is 0 Å². The molecule has 1 heterocycles. The number of nitrogens with zero attached hydrogens (tertiary/aromatic N) is 2. The molecule has 9 heteroatoms. The number of amides is 1. The highest BCUT2D eigenvalue weighted by Gasteiger charge is 2.10. The molecule has 126 valence electrons. The molecule has 0 aliphatic heterocycles. The van der Waals surface area contributed by atoms with E-state index in [1.807, 2.05) is 0 Å². The first kappa shape index (κ1) is 17.7. The Kier molecular flexibility index (Phi) is 6.07. The predicted octanol–water partition coefficient (Wildman–Crippen LogP) is 1.38. The summed E-state index contributed by atoms with van der Waals surface area (Å²) in [5.41, 5.74) is 0.764. The van der Waals surface area contributed by atoms with Crippen LogP contribution in [0.3, 0.4) is 0 Å². The van der Waals surface area contributed by atoms with Crippen LogP contribution in [0.5, 0.6) is 0 Å². The number of ether oxygens (including phenoxy) is 1. The van der Waals surface area contributed by atoms with Crippen LogP contribution in [0.2, 0.25) is 0 Å². The van der Waals surface area contributed by atoms with Gasteiger partial charge in [0.1, 0.15) is 5.69 Å². The van der Waals surface area contributed by atoms with E-state index in [1.54, 1.807) is 32.0 Å². The molecular formula is C15H16N4O4S. The van der Waals surface area contributed by atoms with Crippen LogP contribution in [0.25, 0.3) is 0 Å². The van der Waals surface area contributed by atoms with E-state index < -0.39 is 5.97 Å². The Labute approximate surface area is 142 Å². The summed E-state index contributed by atoms with van der Waals surface area (Å²) in [7, 11) is 0. The largest absolute Gasteiger partial charge is 0.462 e. The molecule has 2 rings (SSSR count). The molecule has 0 saturated carbocycles. The van der Waals surface area contributed by atoms with Crippen LogP contribution in [0, 0.1) is 6.92 Å². The SMILES string of the molecule is CCOC(=O)c1cccc(NC(=O)CSc2nnc(C)c(=O)[nH]2)c1. The lowest BCUT2D eigenvalue weighted by molar-refractivity contribution is -0.113. The van der Waals surface area contributed by atoms with Gasteiger partial charge in [0.2, 0.25) is 5.91 Å². The summed E-state index contributed by atoms with van der Waals surface area (Å²) in [4.78, 5) is 37.6. The monoisotopic (exact) mass is 348 g/mol. The molecule has 0 aliphatic carbocycles. The van der Waals surface area contributed by atoms with E-state index >= 15 is 0 Å². The molecule has 0 radical (unpaired) electrons. The molecule has 1 aromatic heterocycles. The first-order valence-electron chi connectivity index (χ1n) is 7.13. The van der Waals surface area contributed by atoms with Gasteiger partial charge in [0.05, 0.1) is 17.9 Å². The van der Waals surface area contributed by atoms with Crippen LogP contribution >= 0.6 is 11.8 Å². The Balaban J connectivity index is 1.94. The molecule has 1 aromatic carbocycles. The maximum atomic E-state index is 12.0. The van der Waals surface area contributed by atoms with Crippen LogP contribution in [-0.2, 0) is 9.53 Å². The summed E-state index contributed by atoms with van der Waals surface area (Å²) in [6, 6.07) is 6.46. The lowest BCUT2D eigenvalue weighted by Gasteiger charge is -2.07. The van der Waals surface area contributed by atoms with Crippen LogP contribution in [0.1, 0.15) is 23.0 Å². The van der Waals surface area contributed by atoms with E-state index in [4.69, 9.17) is 4.74 Å². The van der Waals surface area contributed by atoms with Crippen molar-refractivity contribution in [3.05, 3.63) is 45.9 Å². The molecule has 24 heavy (non-hydrogen) atoms. The van der Waals surface area contributed by atoms with E-state index in [0.29, 0.717) is 11.3 Å². The number of hydrogen-bond donors (Lipinski definition) is 2. The lowest BCUT2D eigenvalue weighted by Crippen LogP contribution is -2.17. The second-order valence-corrected chi connectivity index (χ2v) is 5.65. The number of thioether (sulfide) groups is 1. The smallest absolute Gasteiger partial charge is 0.338 e. The van der Waals surface area contributed by atoms with Crippen LogP contribution in [-0.4, -0.2) is 39.4 Å². The summed E-state index contributed by atoms with van der Waals surface area (Å²) in [6.45, 7) is 3.55. The number of hydrogen-bond acceptors (Lipinski definition) is 7. The molecule has 0 aliphatic rings. The summed E-state index contributed by atoms with van der Waals surface area (Å²) in [6.07, 6.45) is 0. The Morgan fingerprint density at radius 3 is 2.83 bits per heavy atom. The standard InChI is InChI=1S/C15H16N4O4S/c1-3-23-14(22)10-5-4-6-11(7-10)16-12(20)8-24-15-17-13(21)9(2)18-19-15/h4-7H,3,8H2,1-2H3,(H,16,20)(H,17,19,21). The number of benzene rings is 1. The van der Waals surface area contributed by atoms with E-state index in [0.717, 1.165) is 11.8 Å². The van der Waals surface area contributed by atoms with Crippen molar-refractivity contribution >= 4 is 29.3 Å². The molecule has 1 amide bonds. The van der Waals surface area contributed by atoms with Gasteiger partial charge in [-0.1, -0.05) is 17.8 Å². The maximum Gasteiger partial charge on any atom is 0.338 e. The lowest BCUT2D eigenvalue weighted by atomic mass is 10.2. The number of nitrogens with one attached hydrogen (secondary N) is 2. The molecule has 2 N–H and O–H groups in total. The third-order valence-electron chi connectivity index (χ3n) is 2.84. The van der Waals surface area contributed by atoms with E-state index in [9.17, 15) is 14.4 Å². The minimum Gasteiger partial charge on any atom is -0.462 e. The van der Waals surface area contributed by atoms with E-state index in [1.165, 1.54) is 6.07 Å². The fraction of sp³-hybridized carbons (Fsp3) is 0.267. The topological polar surface area (TPSA) is 114 Å². The quantitative estimate of drug-likeness (QED) is 0.599. The zero-order chi connectivity index (χ0) is 17.5. The van der Waals surface area contributed by atoms with Crippen molar-refractivity contribution in [3.63, 3.8) is 0 Å². The molecule has 2 aromatic rings. The number of carbonyl (C=O) groups is 2. The maximum absolute atomic E-state index is 12.0. The zero-order valence-corrected chi connectivity index (χ0v) is 14.0. The molecular weight excluding hydrogens is 332 g/mol. The first-order valence-corrected chi connectivity index (χ1v) is 8.11. The highest BCUT2D eigenvalue weighted by molar-refractivity contribution is 7.99. The molecule has 0 atom stereocenters. The van der Waals surface area contributed by atoms with Crippen molar-refractivity contribution in [1.29, 1.82) is 0 Å². The van der Waals surface area contributed by atoms with Gasteiger partial charge >= 0.3 is 5.97 Å². The molecule has 0 unspecified atom stereocenters. The molecule has 0 saturated heterocycles. The van der Waals surface area contributed by atoms with Crippen LogP contribution in [0.4, 0.5) is 5.69 Å². The van der Waals surface area contributed by atoms with Crippen LogP contribution < -0.4 is 10.9 Å². The van der Waals surface area contributed by atoms with Gasteiger partial charge in [-0.2, -0.15) is 0 Å². The van der Waals surface area contributed by atoms with E-state index in [-0.39, 0.29) is 34.7 Å². The second kappa shape index (κ2) is 8.25. The predicted molar refractivity (Wildman–Crippen MR) is 89.1 cm³/mol. The van der Waals surface area contributed by atoms with Gasteiger partial charge < -0.3 is 10.1 Å². The van der Waals surface area contributed by atoms with Crippen molar-refractivity contribution < 1.29 is 14.3 Å². The summed E-state index contributed by atoms with van der Waals surface area (Å²) >= 11 is 1.06. The molecule has 0 fully saturated rings.